The van der Waals surface area contributed by atoms with Crippen LogP contribution in [0, 0.1) is 0 Å². The molecule has 2 amide bonds. The molecule has 0 spiro atoms. The number of anilines is 1. The lowest BCUT2D eigenvalue weighted by atomic mass is 10.0. The first-order valence-electron chi connectivity index (χ1n) is 11.7. The second-order valence-corrected chi connectivity index (χ2v) is 8.07. The van der Waals surface area contributed by atoms with Crippen molar-refractivity contribution in [2.45, 2.75) is 26.7 Å². The predicted octanol–water partition coefficient (Wildman–Crippen LogP) is 4.72. The summed E-state index contributed by atoms with van der Waals surface area (Å²) in [6, 6.07) is 20.5. The Bertz CT molecular complexity index is 1180. The fourth-order valence-corrected chi connectivity index (χ4v) is 4.08. The van der Waals surface area contributed by atoms with Gasteiger partial charge in [-0.25, -0.2) is 4.90 Å². The molecule has 0 saturated carbocycles. The monoisotopic (exact) mass is 455 g/mol. The van der Waals surface area contributed by atoms with Crippen molar-refractivity contribution in [1.29, 1.82) is 0 Å². The zero-order chi connectivity index (χ0) is 23.9. The lowest BCUT2D eigenvalue weighted by Crippen LogP contribution is -2.36. The second-order valence-electron chi connectivity index (χ2n) is 8.07. The van der Waals surface area contributed by atoms with E-state index in [9.17, 15) is 9.59 Å². The number of rotatable bonds is 10. The van der Waals surface area contributed by atoms with Crippen LogP contribution in [0.1, 0.15) is 31.4 Å². The average molecular weight is 456 g/mol. The highest BCUT2D eigenvalue weighted by atomic mass is 16.5. The molecule has 2 aromatic carbocycles. The van der Waals surface area contributed by atoms with Crippen LogP contribution in [0.25, 0.3) is 5.57 Å². The van der Waals surface area contributed by atoms with E-state index in [-0.39, 0.29) is 11.8 Å². The molecule has 174 valence electrons. The van der Waals surface area contributed by atoms with Gasteiger partial charge in [0.25, 0.3) is 11.8 Å². The van der Waals surface area contributed by atoms with Crippen molar-refractivity contribution in [3.05, 3.63) is 95.9 Å². The predicted molar refractivity (Wildman–Crippen MR) is 133 cm³/mol. The molecule has 0 N–H and O–H groups in total. The normalized spacial score (nSPS) is 13.5. The first-order chi connectivity index (χ1) is 16.6. The van der Waals surface area contributed by atoms with Crippen LogP contribution in [0.2, 0.25) is 0 Å². The third-order valence-electron chi connectivity index (χ3n) is 5.79. The highest BCUT2D eigenvalue weighted by Crippen LogP contribution is 2.35. The van der Waals surface area contributed by atoms with E-state index in [1.807, 2.05) is 73.3 Å². The third-order valence-corrected chi connectivity index (χ3v) is 5.79. The summed E-state index contributed by atoms with van der Waals surface area (Å²) in [5, 5.41) is 0. The van der Waals surface area contributed by atoms with Gasteiger partial charge in [-0.05, 0) is 55.2 Å². The van der Waals surface area contributed by atoms with Crippen LogP contribution in [-0.4, -0.2) is 41.4 Å². The van der Waals surface area contributed by atoms with Crippen LogP contribution in [0.4, 0.5) is 5.69 Å². The van der Waals surface area contributed by atoms with Crippen molar-refractivity contribution in [3.63, 3.8) is 0 Å². The molecule has 0 unspecified atom stereocenters. The Morgan fingerprint density at radius 2 is 1.68 bits per heavy atom. The first-order valence-corrected chi connectivity index (χ1v) is 11.7. The van der Waals surface area contributed by atoms with Gasteiger partial charge in [0.2, 0.25) is 0 Å². The SMILES string of the molecule is CCCOc1cccc(N2C(=O)C(c3ccccc3)=C(N(CC)CCc3ccncc3)C2=O)c1. The van der Waals surface area contributed by atoms with Gasteiger partial charge in [0.05, 0.1) is 17.9 Å². The summed E-state index contributed by atoms with van der Waals surface area (Å²) in [5.41, 5.74) is 3.25. The number of amides is 2. The number of nitrogens with zero attached hydrogens (tertiary/aromatic N) is 3. The van der Waals surface area contributed by atoms with E-state index in [1.165, 1.54) is 4.90 Å². The molecule has 0 aliphatic carbocycles. The van der Waals surface area contributed by atoms with E-state index in [1.54, 1.807) is 24.5 Å². The molecule has 1 aliphatic rings. The van der Waals surface area contributed by atoms with Crippen LogP contribution in [0.5, 0.6) is 5.75 Å². The maximum atomic E-state index is 13.8. The highest BCUT2D eigenvalue weighted by Gasteiger charge is 2.42. The van der Waals surface area contributed by atoms with Gasteiger partial charge in [-0.2, -0.15) is 0 Å². The molecule has 3 aromatic rings. The number of carbonyl (C=O) groups is 2. The molecular formula is C28H29N3O3. The Morgan fingerprint density at radius 3 is 2.38 bits per heavy atom. The van der Waals surface area contributed by atoms with Crippen molar-refractivity contribution < 1.29 is 14.3 Å². The Hall–Kier alpha value is -3.93. The molecule has 1 aliphatic heterocycles. The summed E-state index contributed by atoms with van der Waals surface area (Å²) in [6.45, 7) is 5.82. The van der Waals surface area contributed by atoms with E-state index in [0.717, 1.165) is 24.0 Å². The first kappa shape index (κ1) is 23.2. The van der Waals surface area contributed by atoms with Gasteiger partial charge in [-0.1, -0.05) is 43.3 Å². The smallest absolute Gasteiger partial charge is 0.282 e. The molecule has 2 heterocycles. The van der Waals surface area contributed by atoms with E-state index in [2.05, 4.69) is 4.98 Å². The standard InChI is InChI=1S/C28H29N3O3/c1-3-19-34-24-12-8-11-23(20-24)31-27(32)25(22-9-6-5-7-10-22)26(28(31)33)30(4-2)18-15-21-13-16-29-17-14-21/h5-14,16-17,20H,3-4,15,18-19H2,1-2H3. The van der Waals surface area contributed by atoms with Gasteiger partial charge in [-0.3, -0.25) is 14.6 Å². The fraction of sp³-hybridized carbons (Fsp3) is 0.250. The molecule has 0 fully saturated rings. The number of hydrogen-bond acceptors (Lipinski definition) is 5. The summed E-state index contributed by atoms with van der Waals surface area (Å²) < 4.78 is 5.74. The van der Waals surface area contributed by atoms with Gasteiger partial charge in [0.1, 0.15) is 11.4 Å². The number of carbonyl (C=O) groups excluding carboxylic acids is 2. The molecule has 4 rings (SSSR count). The zero-order valence-corrected chi connectivity index (χ0v) is 19.6. The molecule has 0 saturated heterocycles. The number of ether oxygens (including phenoxy) is 1. The Kier molecular flexibility index (Phi) is 7.38. The van der Waals surface area contributed by atoms with E-state index < -0.39 is 0 Å². The van der Waals surface area contributed by atoms with E-state index >= 15 is 0 Å². The molecule has 6 nitrogen and oxygen atoms in total. The van der Waals surface area contributed by atoms with Crippen LogP contribution in [0.15, 0.2) is 84.8 Å². The Balaban J connectivity index is 1.71. The lowest BCUT2D eigenvalue weighted by Gasteiger charge is -2.25. The molecule has 1 aromatic heterocycles. The minimum Gasteiger partial charge on any atom is -0.494 e. The summed E-state index contributed by atoms with van der Waals surface area (Å²) in [6.07, 6.45) is 5.14. The molecule has 0 radical (unpaired) electrons. The van der Waals surface area contributed by atoms with Crippen LogP contribution in [-0.2, 0) is 16.0 Å². The average Bonchev–Trinajstić information content (AvgIpc) is 3.14. The molecular weight excluding hydrogens is 426 g/mol. The van der Waals surface area contributed by atoms with Crippen LogP contribution in [0.3, 0.4) is 0 Å². The van der Waals surface area contributed by atoms with Crippen molar-refractivity contribution in [3.8, 4) is 5.75 Å². The minimum atomic E-state index is -0.318. The number of pyridine rings is 1. The quantitative estimate of drug-likeness (QED) is 0.414. The maximum Gasteiger partial charge on any atom is 0.282 e. The van der Waals surface area contributed by atoms with Crippen molar-refractivity contribution in [1.82, 2.24) is 9.88 Å². The van der Waals surface area contributed by atoms with Crippen LogP contribution < -0.4 is 9.64 Å². The molecule has 6 heteroatoms. The van der Waals surface area contributed by atoms with E-state index in [4.69, 9.17) is 4.74 Å². The largest absolute Gasteiger partial charge is 0.494 e. The number of hydrogen-bond donors (Lipinski definition) is 0. The number of aromatic nitrogens is 1. The third kappa shape index (κ3) is 4.86. The fourth-order valence-electron chi connectivity index (χ4n) is 4.08. The lowest BCUT2D eigenvalue weighted by molar-refractivity contribution is -0.120. The maximum absolute atomic E-state index is 13.8. The van der Waals surface area contributed by atoms with Gasteiger partial charge in [-0.15, -0.1) is 0 Å². The summed E-state index contributed by atoms with van der Waals surface area (Å²) in [7, 11) is 0. The van der Waals surface area contributed by atoms with Gasteiger partial charge >= 0.3 is 0 Å². The zero-order valence-electron chi connectivity index (χ0n) is 19.6. The van der Waals surface area contributed by atoms with Crippen molar-refractivity contribution in [2.75, 3.05) is 24.6 Å². The Labute approximate surface area is 200 Å². The number of benzene rings is 2. The number of likely N-dealkylation sites (N-methyl/N-ethyl adjacent to an activating group) is 1. The molecule has 0 bridgehead atoms. The molecule has 34 heavy (non-hydrogen) atoms. The van der Waals surface area contributed by atoms with Crippen molar-refractivity contribution >= 4 is 23.1 Å². The second kappa shape index (κ2) is 10.8. The summed E-state index contributed by atoms with van der Waals surface area (Å²) in [5.74, 6) is 0.00831. The van der Waals surface area contributed by atoms with Crippen LogP contribution >= 0.6 is 0 Å². The van der Waals surface area contributed by atoms with Crippen molar-refractivity contribution in [2.24, 2.45) is 0 Å². The van der Waals surface area contributed by atoms with Gasteiger partial charge < -0.3 is 9.64 Å². The highest BCUT2D eigenvalue weighted by molar-refractivity contribution is 6.45. The summed E-state index contributed by atoms with van der Waals surface area (Å²) >= 11 is 0. The summed E-state index contributed by atoms with van der Waals surface area (Å²) in [4.78, 5) is 34.9. The minimum absolute atomic E-state index is 0.312. The molecule has 0 atom stereocenters. The van der Waals surface area contributed by atoms with Gasteiger partial charge in [0.15, 0.2) is 0 Å². The van der Waals surface area contributed by atoms with Gasteiger partial charge in [0, 0.05) is 31.5 Å². The number of imide groups is 1. The van der Waals surface area contributed by atoms with E-state index in [0.29, 0.717) is 42.4 Å². The Morgan fingerprint density at radius 1 is 0.912 bits per heavy atom. The topological polar surface area (TPSA) is 62.7 Å².